The third-order valence-corrected chi connectivity index (χ3v) is 3.62. The Morgan fingerprint density at radius 1 is 1.00 bits per heavy atom. The van der Waals surface area contributed by atoms with Gasteiger partial charge in [-0.1, -0.05) is 23.2 Å². The molecule has 6 heteroatoms. The van der Waals surface area contributed by atoms with Crippen molar-refractivity contribution in [3.8, 4) is 17.2 Å². The summed E-state index contributed by atoms with van der Waals surface area (Å²) in [4.78, 5) is 0. The van der Waals surface area contributed by atoms with Crippen LogP contribution >= 0.6 is 55.1 Å². The average Bonchev–Trinajstić information content (AvgIpc) is 2.43. The number of rotatable bonds is 5. The fourth-order valence-electron chi connectivity index (χ4n) is 1.50. The first kappa shape index (κ1) is 16.7. The van der Waals surface area contributed by atoms with E-state index >= 15 is 0 Å². The standard InChI is InChI=1S/C15H10Br2Cl2O2/c16-15(17)7-8-20-14-6-5-12(9-13(14)19)21-11-3-1-10(18)2-4-11/h1-7,9H,8H2. The zero-order chi connectivity index (χ0) is 15.2. The van der Waals surface area contributed by atoms with E-state index in [4.69, 9.17) is 32.7 Å². The predicted molar refractivity (Wildman–Crippen MR) is 94.4 cm³/mol. The molecule has 0 heterocycles. The van der Waals surface area contributed by atoms with E-state index in [-0.39, 0.29) is 0 Å². The summed E-state index contributed by atoms with van der Waals surface area (Å²) in [7, 11) is 0. The van der Waals surface area contributed by atoms with E-state index in [1.165, 1.54) is 0 Å². The molecule has 0 bridgehead atoms. The lowest BCUT2D eigenvalue weighted by molar-refractivity contribution is 0.362. The maximum atomic E-state index is 6.17. The van der Waals surface area contributed by atoms with Gasteiger partial charge in [0.1, 0.15) is 23.9 Å². The van der Waals surface area contributed by atoms with Gasteiger partial charge in [0.15, 0.2) is 0 Å². The lowest BCUT2D eigenvalue weighted by atomic mass is 10.3. The minimum absolute atomic E-state index is 0.406. The molecule has 2 nitrogen and oxygen atoms in total. The summed E-state index contributed by atoms with van der Waals surface area (Å²) in [6, 6.07) is 12.4. The summed E-state index contributed by atoms with van der Waals surface area (Å²) in [5, 5.41) is 1.15. The molecule has 0 radical (unpaired) electrons. The second-order valence-electron chi connectivity index (χ2n) is 3.95. The van der Waals surface area contributed by atoms with Crippen molar-refractivity contribution in [3.63, 3.8) is 0 Å². The Morgan fingerprint density at radius 3 is 2.29 bits per heavy atom. The van der Waals surface area contributed by atoms with Crippen molar-refractivity contribution in [2.24, 2.45) is 0 Å². The highest BCUT2D eigenvalue weighted by Crippen LogP contribution is 2.31. The maximum absolute atomic E-state index is 6.17. The predicted octanol–water partition coefficient (Wildman–Crippen LogP) is 6.80. The monoisotopic (exact) mass is 450 g/mol. The van der Waals surface area contributed by atoms with Crippen molar-refractivity contribution in [1.29, 1.82) is 0 Å². The van der Waals surface area contributed by atoms with Crippen LogP contribution in [0.25, 0.3) is 0 Å². The van der Waals surface area contributed by atoms with Crippen LogP contribution < -0.4 is 9.47 Å². The van der Waals surface area contributed by atoms with Crippen molar-refractivity contribution < 1.29 is 9.47 Å². The molecule has 0 aromatic heterocycles. The molecule has 0 atom stereocenters. The Balaban J connectivity index is 2.04. The Labute approximate surface area is 149 Å². The molecule has 110 valence electrons. The first-order chi connectivity index (χ1) is 10.0. The van der Waals surface area contributed by atoms with Crippen LogP contribution in [0.2, 0.25) is 10.0 Å². The smallest absolute Gasteiger partial charge is 0.138 e. The molecule has 0 saturated carbocycles. The highest BCUT2D eigenvalue weighted by molar-refractivity contribution is 9.28. The number of hydrogen-bond acceptors (Lipinski definition) is 2. The highest BCUT2D eigenvalue weighted by Gasteiger charge is 2.05. The van der Waals surface area contributed by atoms with Gasteiger partial charge in [-0.15, -0.1) is 0 Å². The van der Waals surface area contributed by atoms with Gasteiger partial charge in [0.05, 0.1) is 8.41 Å². The number of ether oxygens (including phenoxy) is 2. The van der Waals surface area contributed by atoms with Crippen LogP contribution in [-0.2, 0) is 0 Å². The van der Waals surface area contributed by atoms with Gasteiger partial charge in [0.25, 0.3) is 0 Å². The van der Waals surface area contributed by atoms with Gasteiger partial charge in [0.2, 0.25) is 0 Å². The topological polar surface area (TPSA) is 18.5 Å². The molecule has 0 aliphatic heterocycles. The van der Waals surface area contributed by atoms with Gasteiger partial charge in [-0.25, -0.2) is 0 Å². The quantitative estimate of drug-likeness (QED) is 0.497. The summed E-state index contributed by atoms with van der Waals surface area (Å²) in [6.45, 7) is 0.406. The van der Waals surface area contributed by atoms with Crippen LogP contribution in [0, 0.1) is 0 Å². The van der Waals surface area contributed by atoms with E-state index < -0.39 is 0 Å². The molecule has 0 fully saturated rings. The first-order valence-electron chi connectivity index (χ1n) is 5.91. The summed E-state index contributed by atoms with van der Waals surface area (Å²) in [6.07, 6.45) is 1.83. The summed E-state index contributed by atoms with van der Waals surface area (Å²) < 4.78 is 12.0. The molecule has 0 amide bonds. The third kappa shape index (κ3) is 5.55. The highest BCUT2D eigenvalue weighted by atomic mass is 79.9. The normalized spacial score (nSPS) is 10.1. The van der Waals surface area contributed by atoms with Gasteiger partial charge in [0, 0.05) is 11.1 Å². The molecule has 2 aromatic rings. The molecule has 0 saturated heterocycles. The number of benzene rings is 2. The molecule has 0 aliphatic rings. The molecule has 0 aliphatic carbocycles. The van der Waals surface area contributed by atoms with E-state index in [1.54, 1.807) is 42.5 Å². The van der Waals surface area contributed by atoms with Crippen molar-refractivity contribution in [2.75, 3.05) is 6.61 Å². The molecule has 2 aromatic carbocycles. The van der Waals surface area contributed by atoms with Gasteiger partial charge in [-0.2, -0.15) is 0 Å². The maximum Gasteiger partial charge on any atom is 0.138 e. The van der Waals surface area contributed by atoms with E-state index in [1.807, 2.05) is 6.08 Å². The zero-order valence-electron chi connectivity index (χ0n) is 10.7. The molecule has 0 N–H and O–H groups in total. The number of hydrogen-bond donors (Lipinski definition) is 0. The number of halogens is 4. The molecular formula is C15H10Br2Cl2O2. The van der Waals surface area contributed by atoms with Crippen LogP contribution in [-0.4, -0.2) is 6.61 Å². The van der Waals surface area contributed by atoms with Crippen LogP contribution in [0.5, 0.6) is 17.2 Å². The van der Waals surface area contributed by atoms with Crippen molar-refractivity contribution in [2.45, 2.75) is 0 Å². The molecule has 21 heavy (non-hydrogen) atoms. The minimum Gasteiger partial charge on any atom is -0.488 e. The first-order valence-corrected chi connectivity index (χ1v) is 8.26. The third-order valence-electron chi connectivity index (χ3n) is 2.43. The van der Waals surface area contributed by atoms with Gasteiger partial charge >= 0.3 is 0 Å². The zero-order valence-corrected chi connectivity index (χ0v) is 15.3. The average molecular weight is 453 g/mol. The molecule has 0 unspecified atom stereocenters. The fraction of sp³-hybridized carbons (Fsp3) is 0.0667. The Morgan fingerprint density at radius 2 is 1.67 bits per heavy atom. The fourth-order valence-corrected chi connectivity index (χ4v) is 2.11. The lowest BCUT2D eigenvalue weighted by Crippen LogP contribution is -1.94. The molecular weight excluding hydrogens is 443 g/mol. The molecule has 0 spiro atoms. The van der Waals surface area contributed by atoms with Crippen molar-refractivity contribution in [3.05, 3.63) is 62.0 Å². The van der Waals surface area contributed by atoms with Gasteiger partial charge in [-0.3, -0.25) is 0 Å². The van der Waals surface area contributed by atoms with Crippen LogP contribution in [0.1, 0.15) is 0 Å². The summed E-state index contributed by atoms with van der Waals surface area (Å²) in [5.74, 6) is 1.92. The van der Waals surface area contributed by atoms with Crippen LogP contribution in [0.15, 0.2) is 51.9 Å². The van der Waals surface area contributed by atoms with E-state index in [0.29, 0.717) is 33.9 Å². The summed E-state index contributed by atoms with van der Waals surface area (Å²) >= 11 is 18.5. The Kier molecular flexibility index (Phi) is 6.42. The van der Waals surface area contributed by atoms with Crippen molar-refractivity contribution >= 4 is 55.1 Å². The van der Waals surface area contributed by atoms with Crippen LogP contribution in [0.3, 0.4) is 0 Å². The van der Waals surface area contributed by atoms with Gasteiger partial charge < -0.3 is 9.47 Å². The van der Waals surface area contributed by atoms with Crippen LogP contribution in [0.4, 0.5) is 0 Å². The minimum atomic E-state index is 0.406. The largest absolute Gasteiger partial charge is 0.488 e. The van der Waals surface area contributed by atoms with Crippen molar-refractivity contribution in [1.82, 2.24) is 0 Å². The summed E-state index contributed by atoms with van der Waals surface area (Å²) in [5.41, 5.74) is 0. The Bertz CT molecular complexity index is 639. The SMILES string of the molecule is Clc1ccc(Oc2ccc(OCC=C(Br)Br)c(Cl)c2)cc1. The van der Waals surface area contributed by atoms with Gasteiger partial charge in [-0.05, 0) is 74.3 Å². The second-order valence-corrected chi connectivity index (χ2v) is 7.57. The van der Waals surface area contributed by atoms with E-state index in [2.05, 4.69) is 31.9 Å². The molecule has 2 rings (SSSR count). The van der Waals surface area contributed by atoms with E-state index in [9.17, 15) is 0 Å². The Hall–Kier alpha value is -0.680. The van der Waals surface area contributed by atoms with E-state index in [0.717, 1.165) is 3.39 Å². The lowest BCUT2D eigenvalue weighted by Gasteiger charge is -2.09. The second kappa shape index (κ2) is 8.08.